The second kappa shape index (κ2) is 5.59. The number of nitrogens with one attached hydrogen (secondary N) is 1. The van der Waals surface area contributed by atoms with E-state index >= 15 is 0 Å². The van der Waals surface area contributed by atoms with E-state index in [2.05, 4.69) is 10.3 Å². The lowest BCUT2D eigenvalue weighted by Gasteiger charge is -1.96. The van der Waals surface area contributed by atoms with E-state index in [-0.39, 0.29) is 5.91 Å². The van der Waals surface area contributed by atoms with Gasteiger partial charge >= 0.3 is 0 Å². The van der Waals surface area contributed by atoms with Crippen molar-refractivity contribution in [3.05, 3.63) is 11.6 Å². The van der Waals surface area contributed by atoms with E-state index in [1.165, 1.54) is 12.5 Å². The fourth-order valence-corrected chi connectivity index (χ4v) is 0.301. The van der Waals surface area contributed by atoms with Crippen molar-refractivity contribution in [2.45, 2.75) is 6.92 Å². The predicted molar refractivity (Wildman–Crippen MR) is 34.8 cm³/mol. The summed E-state index contributed by atoms with van der Waals surface area (Å²) in [6, 6.07) is 0. The van der Waals surface area contributed by atoms with Gasteiger partial charge in [-0.25, -0.2) is 5.48 Å². The topological polar surface area (TPSA) is 38.3 Å². The number of carbonyl (C=O) groups is 1. The summed E-state index contributed by atoms with van der Waals surface area (Å²) in [4.78, 5) is 14.7. The number of carbonyl (C=O) groups excluding carboxylic acids is 1. The zero-order chi connectivity index (χ0) is 7.11. The molecule has 9 heavy (non-hydrogen) atoms. The van der Waals surface area contributed by atoms with Gasteiger partial charge in [-0.1, -0.05) is 11.6 Å². The lowest BCUT2D eigenvalue weighted by atomic mass is 10.7. The molecule has 0 atom stereocenters. The average Bonchev–Trinajstić information content (AvgIpc) is 1.80. The highest BCUT2D eigenvalue weighted by Gasteiger charge is 1.84. The molecule has 0 saturated carbocycles. The molecule has 0 unspecified atom stereocenters. The maximum absolute atomic E-state index is 10.1. The van der Waals surface area contributed by atoms with E-state index in [1.54, 1.807) is 6.08 Å². The van der Waals surface area contributed by atoms with Gasteiger partial charge in [0.1, 0.15) is 0 Å². The Labute approximate surface area is 58.6 Å². The molecular formula is C5H8ClNO2. The zero-order valence-electron chi connectivity index (χ0n) is 5.06. The molecule has 0 aromatic heterocycles. The fourth-order valence-electron chi connectivity index (χ4n) is 0.228. The highest BCUT2D eigenvalue weighted by Crippen LogP contribution is 1.77. The van der Waals surface area contributed by atoms with Crippen molar-refractivity contribution in [3.8, 4) is 0 Å². The molecule has 0 aromatic rings. The van der Waals surface area contributed by atoms with E-state index < -0.39 is 0 Å². The molecule has 0 fully saturated rings. The summed E-state index contributed by atoms with van der Waals surface area (Å²) in [6.07, 6.45) is 1.57. The number of hydrogen-bond donors (Lipinski definition) is 1. The van der Waals surface area contributed by atoms with Crippen LogP contribution < -0.4 is 5.48 Å². The molecule has 3 nitrogen and oxygen atoms in total. The van der Waals surface area contributed by atoms with Gasteiger partial charge in [0, 0.05) is 12.5 Å². The molecule has 0 radical (unpaired) electrons. The number of rotatable bonds is 3. The van der Waals surface area contributed by atoms with Crippen LogP contribution in [0.2, 0.25) is 0 Å². The first-order valence-electron chi connectivity index (χ1n) is 2.41. The molecule has 0 aliphatic heterocycles. The van der Waals surface area contributed by atoms with Crippen molar-refractivity contribution in [3.63, 3.8) is 0 Å². The van der Waals surface area contributed by atoms with Crippen LogP contribution in [0.1, 0.15) is 6.92 Å². The SMILES string of the molecule is CC(=O)NOCC=CCl. The zero-order valence-corrected chi connectivity index (χ0v) is 5.81. The Morgan fingerprint density at radius 3 is 3.00 bits per heavy atom. The van der Waals surface area contributed by atoms with Crippen molar-refractivity contribution in [2.75, 3.05) is 6.61 Å². The third-order valence-electron chi connectivity index (χ3n) is 0.485. The van der Waals surface area contributed by atoms with E-state index in [1.807, 2.05) is 0 Å². The fraction of sp³-hybridized carbons (Fsp3) is 0.400. The van der Waals surface area contributed by atoms with Crippen LogP contribution in [0.5, 0.6) is 0 Å². The lowest BCUT2D eigenvalue weighted by Crippen LogP contribution is -2.19. The molecule has 0 rings (SSSR count). The number of hydroxylamine groups is 1. The standard InChI is InChI=1S/C5H8ClNO2/c1-5(8)7-9-4-2-3-6/h2-3H,4H2,1H3,(H,7,8). The quantitative estimate of drug-likeness (QED) is 0.476. The summed E-state index contributed by atoms with van der Waals surface area (Å²) in [5.41, 5.74) is 3.45. The highest BCUT2D eigenvalue weighted by molar-refractivity contribution is 6.25. The Morgan fingerprint density at radius 2 is 2.56 bits per heavy atom. The van der Waals surface area contributed by atoms with Gasteiger partial charge in [-0.05, 0) is 6.08 Å². The third kappa shape index (κ3) is 7.46. The van der Waals surface area contributed by atoms with Crippen molar-refractivity contribution < 1.29 is 9.63 Å². The van der Waals surface area contributed by atoms with Crippen molar-refractivity contribution in [1.29, 1.82) is 0 Å². The van der Waals surface area contributed by atoms with Crippen LogP contribution >= 0.6 is 11.6 Å². The van der Waals surface area contributed by atoms with Crippen LogP contribution in [-0.4, -0.2) is 12.5 Å². The minimum absolute atomic E-state index is 0.224. The molecule has 0 heterocycles. The summed E-state index contributed by atoms with van der Waals surface area (Å²) in [6.45, 7) is 1.66. The Balaban J connectivity index is 3.01. The second-order valence-electron chi connectivity index (χ2n) is 1.33. The molecule has 0 aromatic carbocycles. The van der Waals surface area contributed by atoms with E-state index in [0.717, 1.165) is 0 Å². The van der Waals surface area contributed by atoms with Crippen LogP contribution in [0.15, 0.2) is 11.6 Å². The number of amides is 1. The monoisotopic (exact) mass is 149 g/mol. The molecule has 0 aliphatic carbocycles. The highest BCUT2D eigenvalue weighted by atomic mass is 35.5. The maximum atomic E-state index is 10.1. The molecule has 4 heteroatoms. The van der Waals surface area contributed by atoms with Gasteiger partial charge in [0.25, 0.3) is 0 Å². The first-order valence-corrected chi connectivity index (χ1v) is 2.84. The average molecular weight is 150 g/mol. The van der Waals surface area contributed by atoms with Gasteiger partial charge in [0.15, 0.2) is 0 Å². The molecule has 52 valence electrons. The maximum Gasteiger partial charge on any atom is 0.240 e. The third-order valence-corrected chi connectivity index (χ3v) is 0.663. The molecule has 1 N–H and O–H groups in total. The van der Waals surface area contributed by atoms with Gasteiger partial charge in [0.05, 0.1) is 6.61 Å². The first kappa shape index (κ1) is 8.46. The Hall–Kier alpha value is -0.540. The van der Waals surface area contributed by atoms with Gasteiger partial charge in [-0.15, -0.1) is 0 Å². The second-order valence-corrected chi connectivity index (χ2v) is 1.58. The molecule has 0 aliphatic rings. The predicted octanol–water partition coefficient (Wildman–Crippen LogP) is 0.807. The Bertz CT molecular complexity index is 114. The Morgan fingerprint density at radius 1 is 1.89 bits per heavy atom. The summed E-state index contributed by atoms with van der Waals surface area (Å²) in [5.74, 6) is -0.224. The largest absolute Gasteiger partial charge is 0.273 e. The van der Waals surface area contributed by atoms with Crippen LogP contribution in [0.4, 0.5) is 0 Å². The summed E-state index contributed by atoms with van der Waals surface area (Å²) < 4.78 is 0. The molecule has 1 amide bonds. The van der Waals surface area contributed by atoms with E-state index in [9.17, 15) is 4.79 Å². The van der Waals surface area contributed by atoms with Crippen molar-refractivity contribution in [2.24, 2.45) is 0 Å². The minimum Gasteiger partial charge on any atom is -0.273 e. The van der Waals surface area contributed by atoms with E-state index in [4.69, 9.17) is 11.6 Å². The minimum atomic E-state index is -0.224. The summed E-state index contributed by atoms with van der Waals surface area (Å²) in [5, 5.41) is 0. The number of hydrogen-bond acceptors (Lipinski definition) is 2. The van der Waals surface area contributed by atoms with Crippen molar-refractivity contribution in [1.82, 2.24) is 5.48 Å². The van der Waals surface area contributed by atoms with Gasteiger partial charge in [-0.2, -0.15) is 0 Å². The number of halogens is 1. The van der Waals surface area contributed by atoms with Gasteiger partial charge < -0.3 is 0 Å². The Kier molecular flexibility index (Phi) is 5.26. The first-order chi connectivity index (χ1) is 4.27. The van der Waals surface area contributed by atoms with Crippen LogP contribution in [-0.2, 0) is 9.63 Å². The smallest absolute Gasteiger partial charge is 0.240 e. The van der Waals surface area contributed by atoms with Crippen LogP contribution in [0.25, 0.3) is 0 Å². The van der Waals surface area contributed by atoms with E-state index in [0.29, 0.717) is 6.61 Å². The van der Waals surface area contributed by atoms with Gasteiger partial charge in [-0.3, -0.25) is 9.63 Å². The van der Waals surface area contributed by atoms with Gasteiger partial charge in [0.2, 0.25) is 5.91 Å². The normalized spacial score (nSPS) is 10.0. The van der Waals surface area contributed by atoms with Crippen LogP contribution in [0.3, 0.4) is 0 Å². The summed E-state index contributed by atoms with van der Waals surface area (Å²) >= 11 is 5.14. The molecule has 0 bridgehead atoms. The lowest BCUT2D eigenvalue weighted by molar-refractivity contribution is -0.130. The molecule has 0 saturated heterocycles. The van der Waals surface area contributed by atoms with Crippen molar-refractivity contribution >= 4 is 17.5 Å². The van der Waals surface area contributed by atoms with Crippen LogP contribution in [0, 0.1) is 0 Å². The summed E-state index contributed by atoms with van der Waals surface area (Å²) in [7, 11) is 0. The molecule has 0 spiro atoms. The molecular weight excluding hydrogens is 142 g/mol.